The third kappa shape index (κ3) is 4.48. The second-order valence-electron chi connectivity index (χ2n) is 8.25. The molecule has 1 amide bonds. The first kappa shape index (κ1) is 21.6. The van der Waals surface area contributed by atoms with E-state index in [1.54, 1.807) is 25.6 Å². The Hall–Kier alpha value is -4.19. The number of amides is 1. The molecule has 1 aliphatic rings. The molecule has 0 N–H and O–H groups in total. The van der Waals surface area contributed by atoms with Gasteiger partial charge < -0.3 is 9.64 Å². The Morgan fingerprint density at radius 1 is 1.09 bits per heavy atom. The highest BCUT2D eigenvalue weighted by Crippen LogP contribution is 2.34. The molecule has 1 atom stereocenters. The Bertz CT molecular complexity index is 1300. The lowest BCUT2D eigenvalue weighted by Crippen LogP contribution is -2.28. The highest BCUT2D eigenvalue weighted by atomic mass is 16.5. The quantitative estimate of drug-likeness (QED) is 0.373. The number of rotatable bonds is 6. The van der Waals surface area contributed by atoms with E-state index in [4.69, 9.17) is 9.84 Å². The third-order valence-corrected chi connectivity index (χ3v) is 6.12. The van der Waals surface area contributed by atoms with Gasteiger partial charge in [-0.15, -0.1) is 0 Å². The lowest BCUT2D eigenvalue weighted by atomic mass is 10.0. The summed E-state index contributed by atoms with van der Waals surface area (Å²) in [7, 11) is 1.66. The number of aromatic nitrogens is 3. The van der Waals surface area contributed by atoms with Gasteiger partial charge in [-0.2, -0.15) is 5.10 Å². The summed E-state index contributed by atoms with van der Waals surface area (Å²) in [4.78, 5) is 19.4. The maximum Gasteiger partial charge on any atom is 0.247 e. The SMILES string of the molecule is COc1cccc(C2CCCN2C(=O)/C=C/c2cn(-c3ccccc3)nc2-c2cccnc2)c1. The molecule has 6 heteroatoms. The largest absolute Gasteiger partial charge is 0.497 e. The average Bonchev–Trinajstić information content (AvgIpc) is 3.56. The number of ether oxygens (including phenoxy) is 1. The first-order valence-corrected chi connectivity index (χ1v) is 11.4. The molecule has 0 spiro atoms. The van der Waals surface area contributed by atoms with Crippen LogP contribution in [0, 0.1) is 0 Å². The van der Waals surface area contributed by atoms with E-state index in [2.05, 4.69) is 11.1 Å². The minimum Gasteiger partial charge on any atom is -0.497 e. The van der Waals surface area contributed by atoms with Crippen molar-refractivity contribution in [1.29, 1.82) is 0 Å². The highest BCUT2D eigenvalue weighted by molar-refractivity contribution is 5.93. The van der Waals surface area contributed by atoms with E-state index in [1.165, 1.54) is 0 Å². The summed E-state index contributed by atoms with van der Waals surface area (Å²) >= 11 is 0. The van der Waals surface area contributed by atoms with E-state index in [0.717, 1.165) is 53.2 Å². The smallest absolute Gasteiger partial charge is 0.247 e. The molecule has 4 aromatic rings. The van der Waals surface area contributed by atoms with Gasteiger partial charge in [0.2, 0.25) is 5.91 Å². The van der Waals surface area contributed by atoms with Crippen LogP contribution in [-0.2, 0) is 4.79 Å². The molecule has 1 saturated heterocycles. The van der Waals surface area contributed by atoms with Crippen molar-refractivity contribution in [2.24, 2.45) is 0 Å². The number of para-hydroxylation sites is 1. The van der Waals surface area contributed by atoms with Gasteiger partial charge in [-0.25, -0.2) is 4.68 Å². The molecular weight excluding hydrogens is 424 g/mol. The number of hydrogen-bond donors (Lipinski definition) is 0. The molecule has 3 heterocycles. The van der Waals surface area contributed by atoms with Crippen LogP contribution in [0.1, 0.15) is 30.0 Å². The van der Waals surface area contributed by atoms with Gasteiger partial charge in [-0.1, -0.05) is 30.3 Å². The van der Waals surface area contributed by atoms with Crippen molar-refractivity contribution >= 4 is 12.0 Å². The van der Waals surface area contributed by atoms with E-state index in [0.29, 0.717) is 0 Å². The van der Waals surface area contributed by atoms with Crippen molar-refractivity contribution < 1.29 is 9.53 Å². The number of carbonyl (C=O) groups excluding carboxylic acids is 1. The Balaban J connectivity index is 1.44. The summed E-state index contributed by atoms with van der Waals surface area (Å²) in [6.45, 7) is 0.740. The molecule has 34 heavy (non-hydrogen) atoms. The van der Waals surface area contributed by atoms with Gasteiger partial charge in [0, 0.05) is 42.3 Å². The van der Waals surface area contributed by atoms with Gasteiger partial charge in [0.1, 0.15) is 11.4 Å². The van der Waals surface area contributed by atoms with Crippen molar-refractivity contribution in [3.63, 3.8) is 0 Å². The topological polar surface area (TPSA) is 60.2 Å². The summed E-state index contributed by atoms with van der Waals surface area (Å²) in [5.74, 6) is 0.802. The van der Waals surface area contributed by atoms with E-state index < -0.39 is 0 Å². The van der Waals surface area contributed by atoms with E-state index in [-0.39, 0.29) is 11.9 Å². The van der Waals surface area contributed by atoms with E-state index >= 15 is 0 Å². The number of nitrogens with zero attached hydrogens (tertiary/aromatic N) is 4. The van der Waals surface area contributed by atoms with Gasteiger partial charge in [-0.05, 0) is 60.9 Å². The van der Waals surface area contributed by atoms with Gasteiger partial charge in [0.05, 0.1) is 18.8 Å². The first-order chi connectivity index (χ1) is 16.7. The van der Waals surface area contributed by atoms with Gasteiger partial charge in [0.25, 0.3) is 0 Å². The zero-order valence-electron chi connectivity index (χ0n) is 19.0. The molecule has 2 aromatic heterocycles. The van der Waals surface area contributed by atoms with Crippen LogP contribution in [0.3, 0.4) is 0 Å². The second kappa shape index (κ2) is 9.75. The Morgan fingerprint density at radius 3 is 2.76 bits per heavy atom. The molecule has 0 aliphatic carbocycles. The minimum atomic E-state index is -0.00471. The van der Waals surface area contributed by atoms with Crippen molar-refractivity contribution in [2.45, 2.75) is 18.9 Å². The normalized spacial score (nSPS) is 15.7. The first-order valence-electron chi connectivity index (χ1n) is 11.4. The van der Waals surface area contributed by atoms with Crippen LogP contribution in [0.15, 0.2) is 91.4 Å². The number of benzene rings is 2. The van der Waals surface area contributed by atoms with Crippen molar-refractivity contribution in [1.82, 2.24) is 19.7 Å². The summed E-state index contributed by atoms with van der Waals surface area (Å²) in [5.41, 5.74) is 4.61. The average molecular weight is 451 g/mol. The fraction of sp³-hybridized carbons (Fsp3) is 0.179. The molecule has 1 unspecified atom stereocenters. The van der Waals surface area contributed by atoms with Crippen LogP contribution >= 0.6 is 0 Å². The lowest BCUT2D eigenvalue weighted by molar-refractivity contribution is -0.126. The summed E-state index contributed by atoms with van der Waals surface area (Å²) in [6, 6.07) is 21.8. The van der Waals surface area contributed by atoms with Crippen LogP contribution in [-0.4, -0.2) is 39.2 Å². The number of pyridine rings is 1. The number of hydrogen-bond acceptors (Lipinski definition) is 4. The fourth-order valence-electron chi connectivity index (χ4n) is 4.43. The second-order valence-corrected chi connectivity index (χ2v) is 8.25. The van der Waals surface area contributed by atoms with Crippen LogP contribution in [0.5, 0.6) is 5.75 Å². The zero-order valence-corrected chi connectivity index (χ0v) is 19.0. The maximum absolute atomic E-state index is 13.2. The molecule has 1 aliphatic heterocycles. The fourth-order valence-corrected chi connectivity index (χ4v) is 4.43. The molecule has 2 aromatic carbocycles. The van der Waals surface area contributed by atoms with Crippen molar-refractivity contribution in [3.05, 3.63) is 103 Å². The van der Waals surface area contributed by atoms with Crippen LogP contribution in [0.25, 0.3) is 23.0 Å². The zero-order chi connectivity index (χ0) is 23.3. The lowest BCUT2D eigenvalue weighted by Gasteiger charge is -2.24. The number of likely N-dealkylation sites (tertiary alicyclic amines) is 1. The molecule has 6 nitrogen and oxygen atoms in total. The highest BCUT2D eigenvalue weighted by Gasteiger charge is 2.29. The van der Waals surface area contributed by atoms with Crippen molar-refractivity contribution in [2.75, 3.05) is 13.7 Å². The maximum atomic E-state index is 13.2. The minimum absolute atomic E-state index is 0.00471. The third-order valence-electron chi connectivity index (χ3n) is 6.12. The van der Waals surface area contributed by atoms with E-state index in [9.17, 15) is 4.79 Å². The summed E-state index contributed by atoms with van der Waals surface area (Å²) < 4.78 is 7.21. The summed E-state index contributed by atoms with van der Waals surface area (Å²) in [5, 5.41) is 4.79. The van der Waals surface area contributed by atoms with Gasteiger partial charge in [-0.3, -0.25) is 9.78 Å². The van der Waals surface area contributed by atoms with Crippen molar-refractivity contribution in [3.8, 4) is 22.7 Å². The molecule has 5 rings (SSSR count). The Morgan fingerprint density at radius 2 is 1.97 bits per heavy atom. The standard InChI is InChI=1S/C28H26N4O2/c1-34-25-12-5-8-21(18-25)26-13-7-17-31(26)27(33)15-14-23-20-32(24-10-3-2-4-11-24)30-28(23)22-9-6-16-29-19-22/h2-6,8-12,14-16,18-20,26H,7,13,17H2,1H3/b15-14+. The van der Waals surface area contributed by atoms with Crippen LogP contribution in [0.4, 0.5) is 0 Å². The monoisotopic (exact) mass is 450 g/mol. The molecular formula is C28H26N4O2. The number of carbonyl (C=O) groups is 1. The molecule has 1 fully saturated rings. The molecule has 0 saturated carbocycles. The molecule has 0 bridgehead atoms. The van der Waals surface area contributed by atoms with E-state index in [1.807, 2.05) is 82.5 Å². The Labute approximate surface area is 199 Å². The van der Waals surface area contributed by atoms with Crippen LogP contribution in [0.2, 0.25) is 0 Å². The Kier molecular flexibility index (Phi) is 6.21. The molecule has 170 valence electrons. The summed E-state index contributed by atoms with van der Waals surface area (Å²) in [6.07, 6.45) is 10.9. The van der Waals surface area contributed by atoms with Gasteiger partial charge >= 0.3 is 0 Å². The van der Waals surface area contributed by atoms with Gasteiger partial charge in [0.15, 0.2) is 0 Å². The predicted octanol–water partition coefficient (Wildman–Crippen LogP) is 5.32. The number of methoxy groups -OCH3 is 1. The predicted molar refractivity (Wildman–Crippen MR) is 133 cm³/mol. The van der Waals surface area contributed by atoms with Crippen LogP contribution < -0.4 is 4.74 Å². The molecule has 0 radical (unpaired) electrons.